The molecule has 0 radical (unpaired) electrons. The van der Waals surface area contributed by atoms with Crippen LogP contribution in [0, 0.1) is 6.92 Å². The smallest absolute Gasteiger partial charge is 0.317 e. The Balaban J connectivity index is 2.88. The largest absolute Gasteiger partial charge is 0.468 e. The third-order valence-corrected chi connectivity index (χ3v) is 3.84. The van der Waals surface area contributed by atoms with Crippen LogP contribution in [0.15, 0.2) is 24.3 Å². The van der Waals surface area contributed by atoms with E-state index in [4.69, 9.17) is 15.2 Å². The molecule has 1 rings (SSSR count). The van der Waals surface area contributed by atoms with Crippen LogP contribution >= 0.6 is 0 Å². The molecule has 0 aliphatic heterocycles. The molecule has 0 saturated heterocycles. The monoisotopic (exact) mass is 293 g/mol. The maximum atomic E-state index is 12.3. The van der Waals surface area contributed by atoms with Crippen LogP contribution in [-0.2, 0) is 19.7 Å². The number of rotatable bonds is 9. The van der Waals surface area contributed by atoms with Gasteiger partial charge in [0.05, 0.1) is 7.11 Å². The summed E-state index contributed by atoms with van der Waals surface area (Å²) in [5.74, 6) is -0.298. The summed E-state index contributed by atoms with van der Waals surface area (Å²) in [4.78, 5) is 12.3. The highest BCUT2D eigenvalue weighted by atomic mass is 16.5. The predicted molar refractivity (Wildman–Crippen MR) is 84.3 cm³/mol. The van der Waals surface area contributed by atoms with Gasteiger partial charge in [0.1, 0.15) is 5.41 Å². The van der Waals surface area contributed by atoms with Crippen LogP contribution in [0.4, 0.5) is 0 Å². The second-order valence-electron chi connectivity index (χ2n) is 5.36. The Labute approximate surface area is 127 Å². The molecule has 1 aromatic rings. The highest BCUT2D eigenvalue weighted by Gasteiger charge is 2.39. The molecule has 0 amide bonds. The summed E-state index contributed by atoms with van der Waals surface area (Å²) >= 11 is 0. The van der Waals surface area contributed by atoms with Crippen molar-refractivity contribution in [2.75, 3.05) is 26.9 Å². The Bertz CT molecular complexity index is 430. The molecule has 1 aromatic carbocycles. The molecule has 4 nitrogen and oxygen atoms in total. The second kappa shape index (κ2) is 8.80. The standard InChI is InChI=1S/C17H27NO3/c1-4-5-11-21-12-10-17(13-18,16(19)20-3)15-8-6-14(2)7-9-15/h6-9H,4-5,10-13,18H2,1-3H3. The number of benzene rings is 1. The summed E-state index contributed by atoms with van der Waals surface area (Å²) in [5.41, 5.74) is 7.15. The number of esters is 1. The van der Waals surface area contributed by atoms with Crippen LogP contribution in [-0.4, -0.2) is 32.8 Å². The zero-order valence-electron chi connectivity index (χ0n) is 13.4. The van der Waals surface area contributed by atoms with Crippen molar-refractivity contribution in [2.24, 2.45) is 5.73 Å². The molecular formula is C17H27NO3. The number of nitrogens with two attached hydrogens (primary N) is 1. The number of carbonyl (C=O) groups excluding carboxylic acids is 1. The molecule has 0 heterocycles. The molecule has 0 aromatic heterocycles. The molecule has 4 heteroatoms. The van der Waals surface area contributed by atoms with E-state index in [-0.39, 0.29) is 12.5 Å². The second-order valence-corrected chi connectivity index (χ2v) is 5.36. The van der Waals surface area contributed by atoms with E-state index in [9.17, 15) is 4.79 Å². The van der Waals surface area contributed by atoms with Crippen LogP contribution in [0.5, 0.6) is 0 Å². The lowest BCUT2D eigenvalue weighted by Crippen LogP contribution is -2.44. The Kier molecular flexibility index (Phi) is 7.40. The number of hydrogen-bond donors (Lipinski definition) is 1. The van der Waals surface area contributed by atoms with Crippen molar-refractivity contribution < 1.29 is 14.3 Å². The quantitative estimate of drug-likeness (QED) is 0.561. The highest BCUT2D eigenvalue weighted by Crippen LogP contribution is 2.29. The maximum absolute atomic E-state index is 12.3. The van der Waals surface area contributed by atoms with Crippen molar-refractivity contribution in [1.82, 2.24) is 0 Å². The lowest BCUT2D eigenvalue weighted by atomic mass is 9.77. The first-order chi connectivity index (χ1) is 10.1. The Morgan fingerprint density at radius 1 is 1.24 bits per heavy atom. The summed E-state index contributed by atoms with van der Waals surface area (Å²) in [6.45, 7) is 5.56. The maximum Gasteiger partial charge on any atom is 0.317 e. The third-order valence-electron chi connectivity index (χ3n) is 3.84. The molecule has 1 unspecified atom stereocenters. The molecule has 0 aliphatic rings. The van der Waals surface area contributed by atoms with Crippen molar-refractivity contribution in [2.45, 2.75) is 38.5 Å². The molecule has 2 N–H and O–H groups in total. The summed E-state index contributed by atoms with van der Waals surface area (Å²) in [6, 6.07) is 7.87. The van der Waals surface area contributed by atoms with Gasteiger partial charge in [-0.1, -0.05) is 43.2 Å². The van der Waals surface area contributed by atoms with Gasteiger partial charge < -0.3 is 15.2 Å². The number of carbonyl (C=O) groups is 1. The fourth-order valence-corrected chi connectivity index (χ4v) is 2.33. The third kappa shape index (κ3) is 4.55. The zero-order valence-corrected chi connectivity index (χ0v) is 13.4. The Hall–Kier alpha value is -1.39. The van der Waals surface area contributed by atoms with Crippen LogP contribution in [0.3, 0.4) is 0 Å². The minimum atomic E-state index is -0.825. The van der Waals surface area contributed by atoms with Crippen LogP contribution < -0.4 is 5.73 Å². The summed E-state index contributed by atoms with van der Waals surface area (Å²) in [5, 5.41) is 0. The number of aryl methyl sites for hydroxylation is 1. The van der Waals surface area contributed by atoms with E-state index >= 15 is 0 Å². The van der Waals surface area contributed by atoms with Gasteiger partial charge in [-0.2, -0.15) is 0 Å². The first kappa shape index (κ1) is 17.7. The average molecular weight is 293 g/mol. The molecule has 0 bridgehead atoms. The molecule has 21 heavy (non-hydrogen) atoms. The summed E-state index contributed by atoms with van der Waals surface area (Å²) < 4.78 is 10.6. The van der Waals surface area contributed by atoms with Gasteiger partial charge in [0.25, 0.3) is 0 Å². The van der Waals surface area contributed by atoms with E-state index in [1.54, 1.807) is 0 Å². The van der Waals surface area contributed by atoms with E-state index < -0.39 is 5.41 Å². The van der Waals surface area contributed by atoms with Crippen molar-refractivity contribution in [3.8, 4) is 0 Å². The van der Waals surface area contributed by atoms with E-state index in [0.717, 1.165) is 24.0 Å². The average Bonchev–Trinajstić information content (AvgIpc) is 2.51. The molecule has 0 saturated carbocycles. The molecule has 118 valence electrons. The number of methoxy groups -OCH3 is 1. The fraction of sp³-hybridized carbons (Fsp3) is 0.588. The van der Waals surface area contributed by atoms with E-state index in [1.807, 2.05) is 31.2 Å². The summed E-state index contributed by atoms with van der Waals surface area (Å²) in [6.07, 6.45) is 2.65. The minimum Gasteiger partial charge on any atom is -0.468 e. The van der Waals surface area contributed by atoms with Gasteiger partial charge in [-0.3, -0.25) is 4.79 Å². The van der Waals surface area contributed by atoms with Crippen LogP contribution in [0.1, 0.15) is 37.3 Å². The zero-order chi connectivity index (χ0) is 15.7. The van der Waals surface area contributed by atoms with Gasteiger partial charge in [0.15, 0.2) is 0 Å². The highest BCUT2D eigenvalue weighted by molar-refractivity contribution is 5.83. The molecular weight excluding hydrogens is 266 g/mol. The van der Waals surface area contributed by atoms with Gasteiger partial charge in [-0.25, -0.2) is 0 Å². The number of hydrogen-bond acceptors (Lipinski definition) is 4. The van der Waals surface area contributed by atoms with Gasteiger partial charge in [0, 0.05) is 19.8 Å². The van der Waals surface area contributed by atoms with E-state index in [0.29, 0.717) is 19.6 Å². The number of ether oxygens (including phenoxy) is 2. The molecule has 0 fully saturated rings. The van der Waals surface area contributed by atoms with Crippen molar-refractivity contribution in [3.63, 3.8) is 0 Å². The SMILES string of the molecule is CCCCOCCC(CN)(C(=O)OC)c1ccc(C)cc1. The minimum absolute atomic E-state index is 0.208. The first-order valence-electron chi connectivity index (χ1n) is 7.54. The number of unbranched alkanes of at least 4 members (excludes halogenated alkanes) is 1. The van der Waals surface area contributed by atoms with E-state index in [1.165, 1.54) is 7.11 Å². The van der Waals surface area contributed by atoms with Gasteiger partial charge in [-0.15, -0.1) is 0 Å². The van der Waals surface area contributed by atoms with Crippen molar-refractivity contribution >= 4 is 5.97 Å². The topological polar surface area (TPSA) is 61.5 Å². The van der Waals surface area contributed by atoms with Gasteiger partial charge in [-0.05, 0) is 25.3 Å². The Morgan fingerprint density at radius 2 is 1.90 bits per heavy atom. The predicted octanol–water partition coefficient (Wildman–Crippen LogP) is 2.57. The lowest BCUT2D eigenvalue weighted by molar-refractivity contribution is -0.148. The first-order valence-corrected chi connectivity index (χ1v) is 7.54. The van der Waals surface area contributed by atoms with Crippen molar-refractivity contribution in [3.05, 3.63) is 35.4 Å². The molecule has 1 atom stereocenters. The summed E-state index contributed by atoms with van der Waals surface area (Å²) in [7, 11) is 1.40. The lowest BCUT2D eigenvalue weighted by Gasteiger charge is -2.30. The van der Waals surface area contributed by atoms with Crippen molar-refractivity contribution in [1.29, 1.82) is 0 Å². The van der Waals surface area contributed by atoms with Crippen LogP contribution in [0.25, 0.3) is 0 Å². The van der Waals surface area contributed by atoms with E-state index in [2.05, 4.69) is 6.92 Å². The normalized spacial score (nSPS) is 13.7. The van der Waals surface area contributed by atoms with Gasteiger partial charge in [0.2, 0.25) is 0 Å². The molecule has 0 aliphatic carbocycles. The Morgan fingerprint density at radius 3 is 2.43 bits per heavy atom. The molecule has 0 spiro atoms. The fourth-order valence-electron chi connectivity index (χ4n) is 2.33. The van der Waals surface area contributed by atoms with Crippen LogP contribution in [0.2, 0.25) is 0 Å². The van der Waals surface area contributed by atoms with Gasteiger partial charge >= 0.3 is 5.97 Å².